The summed E-state index contributed by atoms with van der Waals surface area (Å²) in [5, 5.41) is 2.89. The van der Waals surface area contributed by atoms with Crippen LogP contribution < -0.4 is 5.32 Å². The van der Waals surface area contributed by atoms with Gasteiger partial charge in [0.25, 0.3) is 5.91 Å². The molecule has 2 aromatic rings. The Bertz CT molecular complexity index is 741. The maximum absolute atomic E-state index is 13.0. The largest absolute Gasteiger partial charge is 0.351 e. The van der Waals surface area contributed by atoms with Gasteiger partial charge in [0.2, 0.25) is 0 Å². The van der Waals surface area contributed by atoms with Crippen molar-refractivity contribution < 1.29 is 14.0 Å². The molecule has 1 aromatic carbocycles. The van der Waals surface area contributed by atoms with Crippen molar-refractivity contribution in [2.45, 2.75) is 12.8 Å². The first-order chi connectivity index (χ1) is 12.6. The van der Waals surface area contributed by atoms with Gasteiger partial charge in [0.15, 0.2) is 5.78 Å². The van der Waals surface area contributed by atoms with E-state index in [0.29, 0.717) is 17.7 Å². The van der Waals surface area contributed by atoms with Crippen LogP contribution in [0.5, 0.6) is 0 Å². The Morgan fingerprint density at radius 3 is 2.50 bits per heavy atom. The molecule has 1 N–H and O–H groups in total. The summed E-state index contributed by atoms with van der Waals surface area (Å²) in [6, 6.07) is 9.23. The number of benzene rings is 1. The highest BCUT2D eigenvalue weighted by molar-refractivity contribution is 5.97. The third-order valence-corrected chi connectivity index (χ3v) is 4.72. The molecule has 1 fully saturated rings. The van der Waals surface area contributed by atoms with Crippen molar-refractivity contribution >= 4 is 11.7 Å². The molecule has 5 nitrogen and oxygen atoms in total. The number of carbonyl (C=O) groups is 2. The van der Waals surface area contributed by atoms with Crippen LogP contribution in [0, 0.1) is 11.7 Å². The molecule has 1 amide bonds. The lowest BCUT2D eigenvalue weighted by molar-refractivity contribution is 0.0839. The summed E-state index contributed by atoms with van der Waals surface area (Å²) in [6.45, 7) is 2.95. The number of amides is 1. The summed E-state index contributed by atoms with van der Waals surface area (Å²) in [5.41, 5.74) is 1.13. The molecule has 3 rings (SSSR count). The number of Topliss-reactive ketones (excluding diaryl/α,β-unsaturated/α-hetero) is 1. The van der Waals surface area contributed by atoms with Crippen LogP contribution >= 0.6 is 0 Å². The zero-order valence-corrected chi connectivity index (χ0v) is 14.5. The van der Waals surface area contributed by atoms with Crippen molar-refractivity contribution in [2.75, 3.05) is 26.2 Å². The van der Waals surface area contributed by atoms with E-state index in [1.54, 1.807) is 36.7 Å². The fourth-order valence-corrected chi connectivity index (χ4v) is 3.20. The van der Waals surface area contributed by atoms with E-state index in [1.807, 2.05) is 0 Å². The molecule has 0 atom stereocenters. The van der Waals surface area contributed by atoms with E-state index in [-0.39, 0.29) is 23.4 Å². The van der Waals surface area contributed by atoms with Crippen molar-refractivity contribution in [3.05, 3.63) is 65.7 Å². The number of ketones is 1. The van der Waals surface area contributed by atoms with Crippen molar-refractivity contribution in [3.8, 4) is 0 Å². The molecule has 0 aliphatic carbocycles. The van der Waals surface area contributed by atoms with E-state index < -0.39 is 0 Å². The molecule has 0 saturated carbocycles. The van der Waals surface area contributed by atoms with Crippen LogP contribution in [0.2, 0.25) is 0 Å². The van der Waals surface area contributed by atoms with Crippen molar-refractivity contribution in [1.82, 2.24) is 15.2 Å². The zero-order valence-electron chi connectivity index (χ0n) is 14.5. The van der Waals surface area contributed by atoms with Crippen LogP contribution in [0.25, 0.3) is 0 Å². The first-order valence-electron chi connectivity index (χ1n) is 8.84. The molecule has 1 saturated heterocycles. The lowest BCUT2D eigenvalue weighted by Gasteiger charge is -2.31. The highest BCUT2D eigenvalue weighted by Gasteiger charge is 2.25. The van der Waals surface area contributed by atoms with Crippen LogP contribution in [0.3, 0.4) is 0 Å². The standard InChI is InChI=1S/C20H22FN3O2/c21-18-5-3-15(4-6-18)19(25)16-7-11-24(12-8-16)13-10-23-20(26)17-2-1-9-22-14-17/h1-6,9,14,16H,7-8,10-13H2,(H,23,26). The normalized spacial score (nSPS) is 15.6. The van der Waals surface area contributed by atoms with Crippen LogP contribution in [0.1, 0.15) is 33.6 Å². The fourth-order valence-electron chi connectivity index (χ4n) is 3.20. The molecular weight excluding hydrogens is 333 g/mol. The SMILES string of the molecule is O=C(NCCN1CCC(C(=O)c2ccc(F)cc2)CC1)c1cccnc1. The van der Waals surface area contributed by atoms with Crippen molar-refractivity contribution in [2.24, 2.45) is 5.92 Å². The number of rotatable bonds is 6. The number of nitrogens with one attached hydrogen (secondary N) is 1. The predicted octanol–water partition coefficient (Wildman–Crippen LogP) is 2.55. The smallest absolute Gasteiger partial charge is 0.252 e. The van der Waals surface area contributed by atoms with Gasteiger partial charge in [0.1, 0.15) is 5.82 Å². The molecule has 0 spiro atoms. The van der Waals surface area contributed by atoms with E-state index in [1.165, 1.54) is 12.1 Å². The summed E-state index contributed by atoms with van der Waals surface area (Å²) >= 11 is 0. The summed E-state index contributed by atoms with van der Waals surface area (Å²) in [6.07, 6.45) is 4.75. The first kappa shape index (κ1) is 18.2. The van der Waals surface area contributed by atoms with E-state index in [9.17, 15) is 14.0 Å². The van der Waals surface area contributed by atoms with E-state index in [4.69, 9.17) is 0 Å². The van der Waals surface area contributed by atoms with Crippen molar-refractivity contribution in [3.63, 3.8) is 0 Å². The van der Waals surface area contributed by atoms with Gasteiger partial charge < -0.3 is 10.2 Å². The number of piperidine rings is 1. The second kappa shape index (κ2) is 8.67. The van der Waals surface area contributed by atoms with Crippen LogP contribution in [-0.4, -0.2) is 47.8 Å². The topological polar surface area (TPSA) is 62.3 Å². The van der Waals surface area contributed by atoms with Gasteiger partial charge in [-0.3, -0.25) is 14.6 Å². The summed E-state index contributed by atoms with van der Waals surface area (Å²) in [4.78, 5) is 30.6. The molecule has 0 unspecified atom stereocenters. The third kappa shape index (κ3) is 4.73. The molecule has 1 aliphatic rings. The number of hydrogen-bond donors (Lipinski definition) is 1. The molecule has 2 heterocycles. The average molecular weight is 355 g/mol. The van der Waals surface area contributed by atoms with Gasteiger partial charge in [0, 0.05) is 37.0 Å². The average Bonchev–Trinajstić information content (AvgIpc) is 2.69. The monoisotopic (exact) mass is 355 g/mol. The number of carbonyl (C=O) groups excluding carboxylic acids is 2. The van der Waals surface area contributed by atoms with E-state index in [0.717, 1.165) is 32.5 Å². The number of hydrogen-bond acceptors (Lipinski definition) is 4. The molecule has 0 radical (unpaired) electrons. The Morgan fingerprint density at radius 1 is 1.12 bits per heavy atom. The lowest BCUT2D eigenvalue weighted by Crippen LogP contribution is -2.41. The minimum absolute atomic E-state index is 0.0123. The summed E-state index contributed by atoms with van der Waals surface area (Å²) in [5.74, 6) is -0.375. The van der Waals surface area contributed by atoms with Gasteiger partial charge in [0.05, 0.1) is 5.56 Å². The van der Waals surface area contributed by atoms with Gasteiger partial charge >= 0.3 is 0 Å². The van der Waals surface area contributed by atoms with Gasteiger partial charge in [-0.25, -0.2) is 4.39 Å². The Balaban J connectivity index is 1.40. The predicted molar refractivity (Wildman–Crippen MR) is 96.5 cm³/mol. The van der Waals surface area contributed by atoms with Gasteiger partial charge in [-0.15, -0.1) is 0 Å². The number of halogens is 1. The van der Waals surface area contributed by atoms with Gasteiger partial charge in [-0.2, -0.15) is 0 Å². The van der Waals surface area contributed by atoms with Crippen molar-refractivity contribution in [1.29, 1.82) is 0 Å². The Hall–Kier alpha value is -2.60. The highest BCUT2D eigenvalue weighted by atomic mass is 19.1. The second-order valence-corrected chi connectivity index (χ2v) is 6.48. The molecular formula is C20H22FN3O2. The molecule has 1 aliphatic heterocycles. The summed E-state index contributed by atoms with van der Waals surface area (Å²) in [7, 11) is 0. The Kier molecular flexibility index (Phi) is 6.07. The Labute approximate surface area is 152 Å². The molecule has 26 heavy (non-hydrogen) atoms. The maximum Gasteiger partial charge on any atom is 0.252 e. The fraction of sp³-hybridized carbons (Fsp3) is 0.350. The van der Waals surface area contributed by atoms with Gasteiger partial charge in [-0.1, -0.05) is 0 Å². The molecule has 1 aromatic heterocycles. The molecule has 6 heteroatoms. The number of pyridine rings is 1. The maximum atomic E-state index is 13.0. The molecule has 136 valence electrons. The molecule has 0 bridgehead atoms. The van der Waals surface area contributed by atoms with Gasteiger partial charge in [-0.05, 0) is 62.3 Å². The number of aromatic nitrogens is 1. The zero-order chi connectivity index (χ0) is 18.4. The third-order valence-electron chi connectivity index (χ3n) is 4.72. The highest BCUT2D eigenvalue weighted by Crippen LogP contribution is 2.21. The Morgan fingerprint density at radius 2 is 1.85 bits per heavy atom. The van der Waals surface area contributed by atoms with E-state index >= 15 is 0 Å². The van der Waals surface area contributed by atoms with Crippen LogP contribution in [0.15, 0.2) is 48.8 Å². The van der Waals surface area contributed by atoms with Crippen LogP contribution in [0.4, 0.5) is 4.39 Å². The van der Waals surface area contributed by atoms with E-state index in [2.05, 4.69) is 15.2 Å². The lowest BCUT2D eigenvalue weighted by atomic mass is 9.89. The second-order valence-electron chi connectivity index (χ2n) is 6.48. The minimum atomic E-state index is -0.329. The van der Waals surface area contributed by atoms with Crippen LogP contribution in [-0.2, 0) is 0 Å². The quantitative estimate of drug-likeness (QED) is 0.809. The number of likely N-dealkylation sites (tertiary alicyclic amines) is 1. The first-order valence-corrected chi connectivity index (χ1v) is 8.84. The summed E-state index contributed by atoms with van der Waals surface area (Å²) < 4.78 is 13.0. The number of nitrogens with zero attached hydrogens (tertiary/aromatic N) is 2. The minimum Gasteiger partial charge on any atom is -0.351 e.